The zero-order chi connectivity index (χ0) is 14.0. The predicted molar refractivity (Wildman–Crippen MR) is 85.3 cm³/mol. The lowest BCUT2D eigenvalue weighted by molar-refractivity contribution is 0.698. The second-order valence-electron chi connectivity index (χ2n) is 5.17. The Kier molecular flexibility index (Phi) is 4.43. The van der Waals surface area contributed by atoms with Gasteiger partial charge in [-0.05, 0) is 68.6 Å². The Bertz CT molecular complexity index is 569. The minimum atomic E-state index is 0.310. The van der Waals surface area contributed by atoms with E-state index < -0.39 is 0 Å². The Morgan fingerprint density at radius 1 is 1.05 bits per heavy atom. The van der Waals surface area contributed by atoms with Crippen LogP contribution in [0.25, 0.3) is 0 Å². The highest BCUT2D eigenvalue weighted by Gasteiger charge is 2.17. The van der Waals surface area contributed by atoms with E-state index in [4.69, 9.17) is 0 Å². The molecule has 0 aliphatic heterocycles. The van der Waals surface area contributed by atoms with Gasteiger partial charge in [-0.25, -0.2) is 0 Å². The Labute approximate surface area is 120 Å². The van der Waals surface area contributed by atoms with Gasteiger partial charge < -0.3 is 5.32 Å². The number of nitrogens with one attached hydrogen (secondary N) is 1. The Morgan fingerprint density at radius 3 is 2.32 bits per heavy atom. The predicted octanol–water partition coefficient (Wildman–Crippen LogP) is 4.54. The van der Waals surface area contributed by atoms with Crippen LogP contribution in [0.15, 0.2) is 24.3 Å². The third kappa shape index (κ3) is 2.90. The van der Waals surface area contributed by atoms with Crippen molar-refractivity contribution < 1.29 is 0 Å². The summed E-state index contributed by atoms with van der Waals surface area (Å²) in [5.41, 5.74) is 5.51. The smallest absolute Gasteiger partial charge is 0.0671 e. The summed E-state index contributed by atoms with van der Waals surface area (Å²) >= 11 is 1.92. The van der Waals surface area contributed by atoms with Crippen molar-refractivity contribution in [2.24, 2.45) is 0 Å². The van der Waals surface area contributed by atoms with Crippen LogP contribution in [-0.4, -0.2) is 7.05 Å². The fourth-order valence-corrected chi connectivity index (χ4v) is 3.57. The molecule has 19 heavy (non-hydrogen) atoms. The lowest BCUT2D eigenvalue weighted by atomic mass is 9.95. The van der Waals surface area contributed by atoms with E-state index in [1.807, 2.05) is 18.4 Å². The molecular weight excluding hydrogens is 250 g/mol. The zero-order valence-corrected chi connectivity index (χ0v) is 13.3. The molecule has 1 heterocycles. The number of hydrogen-bond acceptors (Lipinski definition) is 2. The molecule has 1 atom stereocenters. The van der Waals surface area contributed by atoms with Gasteiger partial charge in [0, 0.05) is 9.75 Å². The van der Waals surface area contributed by atoms with Crippen LogP contribution in [0.4, 0.5) is 0 Å². The lowest BCUT2D eigenvalue weighted by Gasteiger charge is -2.19. The van der Waals surface area contributed by atoms with Crippen molar-refractivity contribution in [2.45, 2.75) is 40.2 Å². The van der Waals surface area contributed by atoms with Gasteiger partial charge in [0.1, 0.15) is 0 Å². The maximum atomic E-state index is 3.47. The topological polar surface area (TPSA) is 12.0 Å². The first-order valence-electron chi connectivity index (χ1n) is 6.90. The van der Waals surface area contributed by atoms with Crippen molar-refractivity contribution in [3.63, 3.8) is 0 Å². The summed E-state index contributed by atoms with van der Waals surface area (Å²) in [6, 6.07) is 9.45. The van der Waals surface area contributed by atoms with Crippen molar-refractivity contribution >= 4 is 11.3 Å². The highest BCUT2D eigenvalue weighted by atomic mass is 32.1. The van der Waals surface area contributed by atoms with Crippen molar-refractivity contribution in [3.8, 4) is 0 Å². The number of hydrogen-bond donors (Lipinski definition) is 1. The fraction of sp³-hybridized carbons (Fsp3) is 0.412. The van der Waals surface area contributed by atoms with Crippen LogP contribution < -0.4 is 5.32 Å². The van der Waals surface area contributed by atoms with Crippen LogP contribution in [0.5, 0.6) is 0 Å². The molecule has 0 saturated heterocycles. The first kappa shape index (κ1) is 14.3. The summed E-state index contributed by atoms with van der Waals surface area (Å²) in [6.07, 6.45) is 1.12. The van der Waals surface area contributed by atoms with E-state index in [0.717, 1.165) is 6.42 Å². The van der Waals surface area contributed by atoms with Crippen LogP contribution in [-0.2, 0) is 6.42 Å². The first-order chi connectivity index (χ1) is 9.06. The van der Waals surface area contributed by atoms with E-state index in [-0.39, 0.29) is 0 Å². The zero-order valence-electron chi connectivity index (χ0n) is 12.5. The SMILES string of the molecule is CCc1ccc(C(NC)c2cc(C)c(C)cc2C)s1. The van der Waals surface area contributed by atoms with Crippen molar-refractivity contribution in [2.75, 3.05) is 7.05 Å². The van der Waals surface area contributed by atoms with Crippen molar-refractivity contribution in [1.82, 2.24) is 5.32 Å². The molecular formula is C17H23NS. The molecule has 0 fully saturated rings. The molecule has 102 valence electrons. The average Bonchev–Trinajstić information content (AvgIpc) is 2.85. The second kappa shape index (κ2) is 5.89. The van der Waals surface area contributed by atoms with Gasteiger partial charge in [-0.2, -0.15) is 0 Å². The molecule has 1 N–H and O–H groups in total. The van der Waals surface area contributed by atoms with Gasteiger partial charge in [-0.15, -0.1) is 11.3 Å². The van der Waals surface area contributed by atoms with Gasteiger partial charge in [0.05, 0.1) is 6.04 Å². The summed E-state index contributed by atoms with van der Waals surface area (Å²) in [7, 11) is 2.05. The van der Waals surface area contributed by atoms with Crippen molar-refractivity contribution in [3.05, 3.63) is 56.3 Å². The van der Waals surface area contributed by atoms with Gasteiger partial charge in [0.25, 0.3) is 0 Å². The van der Waals surface area contributed by atoms with Gasteiger partial charge in [0.2, 0.25) is 0 Å². The van der Waals surface area contributed by atoms with E-state index in [2.05, 4.69) is 57.3 Å². The molecule has 2 heteroatoms. The molecule has 0 bridgehead atoms. The van der Waals surface area contributed by atoms with E-state index >= 15 is 0 Å². The summed E-state index contributed by atoms with van der Waals surface area (Å²) < 4.78 is 0. The molecule has 0 saturated carbocycles. The maximum absolute atomic E-state index is 3.47. The van der Waals surface area contributed by atoms with Crippen LogP contribution in [0, 0.1) is 20.8 Å². The van der Waals surface area contributed by atoms with Gasteiger partial charge >= 0.3 is 0 Å². The molecule has 0 amide bonds. The molecule has 2 rings (SSSR count). The highest BCUT2D eigenvalue weighted by molar-refractivity contribution is 7.12. The second-order valence-corrected chi connectivity index (χ2v) is 6.37. The minimum Gasteiger partial charge on any atom is -0.309 e. The summed E-state index contributed by atoms with van der Waals surface area (Å²) in [5.74, 6) is 0. The quantitative estimate of drug-likeness (QED) is 0.862. The standard InChI is InChI=1S/C17H23NS/c1-6-14-7-8-16(19-14)17(18-5)15-10-12(3)11(2)9-13(15)4/h7-10,17-18H,6H2,1-5H3. The number of aryl methyl sites for hydroxylation is 4. The molecule has 0 radical (unpaired) electrons. The van der Waals surface area contributed by atoms with E-state index in [1.165, 1.54) is 32.0 Å². The summed E-state index contributed by atoms with van der Waals surface area (Å²) in [4.78, 5) is 2.86. The summed E-state index contributed by atoms with van der Waals surface area (Å²) in [6.45, 7) is 8.80. The van der Waals surface area contributed by atoms with Gasteiger partial charge in [0.15, 0.2) is 0 Å². The largest absolute Gasteiger partial charge is 0.309 e. The van der Waals surface area contributed by atoms with Crippen LogP contribution in [0.2, 0.25) is 0 Å². The Hall–Kier alpha value is -1.12. The molecule has 1 aromatic heterocycles. The van der Waals surface area contributed by atoms with Gasteiger partial charge in [-0.1, -0.05) is 19.1 Å². The lowest BCUT2D eigenvalue weighted by Crippen LogP contribution is -2.18. The van der Waals surface area contributed by atoms with Crippen molar-refractivity contribution in [1.29, 1.82) is 0 Å². The van der Waals surface area contributed by atoms with E-state index in [1.54, 1.807) is 0 Å². The molecule has 0 aliphatic carbocycles. The molecule has 1 nitrogen and oxygen atoms in total. The number of thiophene rings is 1. The van der Waals surface area contributed by atoms with Gasteiger partial charge in [-0.3, -0.25) is 0 Å². The molecule has 0 spiro atoms. The maximum Gasteiger partial charge on any atom is 0.0671 e. The number of rotatable bonds is 4. The average molecular weight is 273 g/mol. The molecule has 0 aliphatic rings. The van der Waals surface area contributed by atoms with Crippen LogP contribution in [0.3, 0.4) is 0 Å². The fourth-order valence-electron chi connectivity index (χ4n) is 2.48. The first-order valence-corrected chi connectivity index (χ1v) is 7.72. The third-order valence-electron chi connectivity index (χ3n) is 3.80. The summed E-state index contributed by atoms with van der Waals surface area (Å²) in [5, 5.41) is 3.47. The molecule has 2 aromatic rings. The minimum absolute atomic E-state index is 0.310. The Morgan fingerprint density at radius 2 is 1.74 bits per heavy atom. The normalized spacial score (nSPS) is 12.7. The van der Waals surface area contributed by atoms with E-state index in [9.17, 15) is 0 Å². The van der Waals surface area contributed by atoms with E-state index in [0.29, 0.717) is 6.04 Å². The highest BCUT2D eigenvalue weighted by Crippen LogP contribution is 2.31. The number of benzene rings is 1. The molecule has 1 aromatic carbocycles. The Balaban J connectivity index is 2.44. The third-order valence-corrected chi connectivity index (χ3v) is 5.09. The van der Waals surface area contributed by atoms with Crippen LogP contribution in [0.1, 0.15) is 45.0 Å². The monoisotopic (exact) mass is 273 g/mol. The molecule has 1 unspecified atom stereocenters. The van der Waals surface area contributed by atoms with Crippen LogP contribution >= 0.6 is 11.3 Å².